The molecule has 2 aromatic heterocycles. The topological polar surface area (TPSA) is 35.0 Å². The average Bonchev–Trinajstić information content (AvgIpc) is 2.86. The molecule has 1 saturated carbocycles. The van der Waals surface area contributed by atoms with Crippen LogP contribution in [0.5, 0.6) is 5.88 Å². The fourth-order valence-electron chi connectivity index (χ4n) is 2.58. The van der Waals surface area contributed by atoms with Crippen molar-refractivity contribution in [3.05, 3.63) is 42.7 Å². The Morgan fingerprint density at radius 3 is 2.68 bits per heavy atom. The average molecular weight is 254 g/mol. The van der Waals surface area contributed by atoms with Crippen LogP contribution >= 0.6 is 0 Å². The van der Waals surface area contributed by atoms with Crippen LogP contribution in [0.2, 0.25) is 0 Å². The Morgan fingerprint density at radius 2 is 2.05 bits per heavy atom. The summed E-state index contributed by atoms with van der Waals surface area (Å²) in [6.45, 7) is 2.25. The summed E-state index contributed by atoms with van der Waals surface area (Å²) in [7, 11) is 0. The second-order valence-corrected chi connectivity index (χ2v) is 5.16. The van der Waals surface area contributed by atoms with E-state index >= 15 is 0 Å². The molecule has 1 aliphatic carbocycles. The van der Waals surface area contributed by atoms with E-state index in [2.05, 4.69) is 16.9 Å². The molecule has 0 amide bonds. The molecule has 2 atom stereocenters. The van der Waals surface area contributed by atoms with Crippen LogP contribution < -0.4 is 4.74 Å². The maximum Gasteiger partial charge on any atom is 0.213 e. The van der Waals surface area contributed by atoms with Gasteiger partial charge in [0.25, 0.3) is 0 Å². The molecule has 98 valence electrons. The summed E-state index contributed by atoms with van der Waals surface area (Å²) >= 11 is 0. The SMILES string of the molecule is C[C@@H]1CCC[C@H]1Oc1ccc(-c2ccccn2)cn1. The van der Waals surface area contributed by atoms with E-state index < -0.39 is 0 Å². The second-order valence-electron chi connectivity index (χ2n) is 5.16. The summed E-state index contributed by atoms with van der Waals surface area (Å²) in [4.78, 5) is 8.70. The summed E-state index contributed by atoms with van der Waals surface area (Å²) in [5.74, 6) is 1.36. The van der Waals surface area contributed by atoms with Gasteiger partial charge in [0, 0.05) is 24.0 Å². The molecule has 0 aliphatic heterocycles. The highest BCUT2D eigenvalue weighted by Crippen LogP contribution is 2.29. The zero-order valence-electron chi connectivity index (χ0n) is 11.1. The third kappa shape index (κ3) is 2.75. The van der Waals surface area contributed by atoms with Gasteiger partial charge in [0.2, 0.25) is 5.88 Å². The molecular weight excluding hydrogens is 236 g/mol. The van der Waals surface area contributed by atoms with Gasteiger partial charge in [-0.2, -0.15) is 0 Å². The largest absolute Gasteiger partial charge is 0.474 e. The minimum Gasteiger partial charge on any atom is -0.474 e. The van der Waals surface area contributed by atoms with E-state index in [4.69, 9.17) is 4.74 Å². The lowest BCUT2D eigenvalue weighted by Crippen LogP contribution is -2.19. The molecule has 3 nitrogen and oxygen atoms in total. The third-order valence-corrected chi connectivity index (χ3v) is 3.75. The van der Waals surface area contributed by atoms with Crippen LogP contribution in [0.25, 0.3) is 11.3 Å². The molecule has 3 heteroatoms. The Balaban J connectivity index is 1.72. The van der Waals surface area contributed by atoms with E-state index in [1.165, 1.54) is 12.8 Å². The van der Waals surface area contributed by atoms with Gasteiger partial charge in [-0.1, -0.05) is 13.0 Å². The Kier molecular flexibility index (Phi) is 3.45. The Labute approximate surface area is 113 Å². The molecule has 19 heavy (non-hydrogen) atoms. The van der Waals surface area contributed by atoms with Crippen molar-refractivity contribution in [1.82, 2.24) is 9.97 Å². The molecule has 0 radical (unpaired) electrons. The Hall–Kier alpha value is -1.90. The van der Waals surface area contributed by atoms with Gasteiger partial charge in [-0.05, 0) is 43.4 Å². The number of ether oxygens (including phenoxy) is 1. The zero-order valence-corrected chi connectivity index (χ0v) is 11.1. The van der Waals surface area contributed by atoms with Gasteiger partial charge in [-0.3, -0.25) is 4.98 Å². The summed E-state index contributed by atoms with van der Waals surface area (Å²) in [5, 5.41) is 0. The van der Waals surface area contributed by atoms with Gasteiger partial charge in [-0.15, -0.1) is 0 Å². The number of rotatable bonds is 3. The first kappa shape index (κ1) is 12.2. The van der Waals surface area contributed by atoms with Crippen LogP contribution in [0.3, 0.4) is 0 Å². The van der Waals surface area contributed by atoms with Crippen molar-refractivity contribution in [3.8, 4) is 17.1 Å². The highest BCUT2D eigenvalue weighted by Gasteiger charge is 2.25. The second kappa shape index (κ2) is 5.39. The summed E-state index contributed by atoms with van der Waals surface area (Å²) in [6, 6.07) is 9.83. The van der Waals surface area contributed by atoms with Crippen LogP contribution in [0.4, 0.5) is 0 Å². The standard InChI is InChI=1S/C16H18N2O/c1-12-5-4-7-15(12)19-16-9-8-13(11-18-16)14-6-2-3-10-17-14/h2-3,6,8-12,15H,4-5,7H2,1H3/t12-,15-/m1/s1. The van der Waals surface area contributed by atoms with Crippen molar-refractivity contribution in [2.24, 2.45) is 5.92 Å². The lowest BCUT2D eigenvalue weighted by molar-refractivity contribution is 0.160. The van der Waals surface area contributed by atoms with Crippen LogP contribution in [-0.4, -0.2) is 16.1 Å². The lowest BCUT2D eigenvalue weighted by atomic mass is 10.1. The summed E-state index contributed by atoms with van der Waals surface area (Å²) in [6.07, 6.45) is 7.62. The van der Waals surface area contributed by atoms with E-state index in [1.54, 1.807) is 6.20 Å². The predicted molar refractivity (Wildman–Crippen MR) is 74.9 cm³/mol. The molecule has 3 rings (SSSR count). The maximum atomic E-state index is 5.95. The first-order valence-corrected chi connectivity index (χ1v) is 6.87. The molecule has 1 aliphatic rings. The van der Waals surface area contributed by atoms with Gasteiger partial charge in [0.05, 0.1) is 5.69 Å². The minimum absolute atomic E-state index is 0.327. The number of aromatic nitrogens is 2. The highest BCUT2D eigenvalue weighted by atomic mass is 16.5. The van der Waals surface area contributed by atoms with E-state index in [0.717, 1.165) is 23.6 Å². The number of nitrogens with zero attached hydrogens (tertiary/aromatic N) is 2. The normalized spacial score (nSPS) is 22.4. The molecule has 2 heterocycles. The number of pyridine rings is 2. The number of hydrogen-bond acceptors (Lipinski definition) is 3. The predicted octanol–water partition coefficient (Wildman–Crippen LogP) is 3.71. The molecule has 0 bridgehead atoms. The van der Waals surface area contributed by atoms with Crippen molar-refractivity contribution >= 4 is 0 Å². The molecule has 0 saturated heterocycles. The quantitative estimate of drug-likeness (QED) is 0.837. The molecule has 1 fully saturated rings. The van der Waals surface area contributed by atoms with Gasteiger partial charge >= 0.3 is 0 Å². The zero-order chi connectivity index (χ0) is 13.1. The molecule has 2 aromatic rings. The van der Waals surface area contributed by atoms with E-state index in [9.17, 15) is 0 Å². The molecule has 0 spiro atoms. The first-order valence-electron chi connectivity index (χ1n) is 6.87. The van der Waals surface area contributed by atoms with Gasteiger partial charge in [0.15, 0.2) is 0 Å². The monoisotopic (exact) mass is 254 g/mol. The van der Waals surface area contributed by atoms with Crippen LogP contribution in [0.15, 0.2) is 42.7 Å². The van der Waals surface area contributed by atoms with Crippen molar-refractivity contribution < 1.29 is 4.74 Å². The molecule has 0 aromatic carbocycles. The molecular formula is C16H18N2O. The minimum atomic E-state index is 0.327. The summed E-state index contributed by atoms with van der Waals surface area (Å²) < 4.78 is 5.95. The smallest absolute Gasteiger partial charge is 0.213 e. The Bertz CT molecular complexity index is 524. The molecule has 0 N–H and O–H groups in total. The molecule has 0 unspecified atom stereocenters. The van der Waals surface area contributed by atoms with Gasteiger partial charge < -0.3 is 4.74 Å². The summed E-state index contributed by atoms with van der Waals surface area (Å²) in [5.41, 5.74) is 1.96. The van der Waals surface area contributed by atoms with Crippen molar-refractivity contribution in [3.63, 3.8) is 0 Å². The Morgan fingerprint density at radius 1 is 1.11 bits per heavy atom. The highest BCUT2D eigenvalue weighted by molar-refractivity contribution is 5.57. The van der Waals surface area contributed by atoms with Crippen LogP contribution in [0, 0.1) is 5.92 Å². The van der Waals surface area contributed by atoms with Crippen LogP contribution in [-0.2, 0) is 0 Å². The van der Waals surface area contributed by atoms with E-state index in [-0.39, 0.29) is 0 Å². The van der Waals surface area contributed by atoms with Crippen molar-refractivity contribution in [2.45, 2.75) is 32.3 Å². The fraction of sp³-hybridized carbons (Fsp3) is 0.375. The van der Waals surface area contributed by atoms with Gasteiger partial charge in [-0.25, -0.2) is 4.98 Å². The third-order valence-electron chi connectivity index (χ3n) is 3.75. The first-order chi connectivity index (χ1) is 9.33. The van der Waals surface area contributed by atoms with Crippen LogP contribution in [0.1, 0.15) is 26.2 Å². The van der Waals surface area contributed by atoms with E-state index in [1.807, 2.05) is 36.5 Å². The van der Waals surface area contributed by atoms with Gasteiger partial charge in [0.1, 0.15) is 6.10 Å². The fourth-order valence-corrected chi connectivity index (χ4v) is 2.58. The van der Waals surface area contributed by atoms with Crippen molar-refractivity contribution in [2.75, 3.05) is 0 Å². The van der Waals surface area contributed by atoms with Crippen molar-refractivity contribution in [1.29, 1.82) is 0 Å². The van der Waals surface area contributed by atoms with E-state index in [0.29, 0.717) is 12.0 Å². The lowest BCUT2D eigenvalue weighted by Gasteiger charge is -2.17. The number of hydrogen-bond donors (Lipinski definition) is 0. The maximum absolute atomic E-state index is 5.95.